The molecule has 23 heavy (non-hydrogen) atoms. The van der Waals surface area contributed by atoms with Gasteiger partial charge < -0.3 is 10.5 Å². The van der Waals surface area contributed by atoms with Crippen LogP contribution >= 0.6 is 12.4 Å². The first-order valence-electron chi connectivity index (χ1n) is 9.60. The summed E-state index contributed by atoms with van der Waals surface area (Å²) in [6.07, 6.45) is 18.7. The Morgan fingerprint density at radius 1 is 0.783 bits per heavy atom. The Bertz CT molecular complexity index is 248. The minimum absolute atomic E-state index is 0. The normalized spacial score (nSPS) is 11.8. The maximum Gasteiger partial charge on any atom is 0.322 e. The molecule has 0 saturated carbocycles. The maximum absolute atomic E-state index is 11.1. The van der Waals surface area contributed by atoms with Gasteiger partial charge in [-0.15, -0.1) is 12.4 Å². The van der Waals surface area contributed by atoms with Crippen molar-refractivity contribution in [2.24, 2.45) is 5.73 Å². The van der Waals surface area contributed by atoms with Gasteiger partial charge in [0, 0.05) is 0 Å². The Kier molecular flexibility index (Phi) is 21.5. The predicted octanol–water partition coefficient (Wildman–Crippen LogP) is 5.78. The summed E-state index contributed by atoms with van der Waals surface area (Å²) in [4.78, 5) is 11.1. The largest absolute Gasteiger partial charge is 0.465 e. The molecule has 0 amide bonds. The molecule has 1 atom stereocenters. The zero-order valence-corrected chi connectivity index (χ0v) is 16.3. The first-order valence-corrected chi connectivity index (χ1v) is 9.60. The summed E-state index contributed by atoms with van der Waals surface area (Å²) in [7, 11) is 0. The van der Waals surface area contributed by atoms with Crippen LogP contribution in [0.4, 0.5) is 0 Å². The molecule has 0 aliphatic carbocycles. The van der Waals surface area contributed by atoms with E-state index in [2.05, 4.69) is 6.92 Å². The summed E-state index contributed by atoms with van der Waals surface area (Å²) in [5.41, 5.74) is 5.42. The molecule has 0 aliphatic rings. The van der Waals surface area contributed by atoms with Crippen LogP contribution in [0.5, 0.6) is 0 Å². The van der Waals surface area contributed by atoms with Gasteiger partial charge in [-0.25, -0.2) is 0 Å². The molecule has 0 fully saturated rings. The van der Waals surface area contributed by atoms with Crippen LogP contribution in [-0.2, 0) is 9.53 Å². The zero-order valence-electron chi connectivity index (χ0n) is 15.5. The number of hydrogen-bond donors (Lipinski definition) is 1. The van der Waals surface area contributed by atoms with E-state index >= 15 is 0 Å². The van der Waals surface area contributed by atoms with Crippen molar-refractivity contribution in [3.63, 3.8) is 0 Å². The maximum atomic E-state index is 11.1. The first kappa shape index (κ1) is 25.0. The number of esters is 1. The summed E-state index contributed by atoms with van der Waals surface area (Å²) in [5.74, 6) is -0.283. The number of halogens is 1. The monoisotopic (exact) mass is 349 g/mol. The zero-order chi connectivity index (χ0) is 16.5. The number of hydrogen-bond acceptors (Lipinski definition) is 3. The van der Waals surface area contributed by atoms with E-state index in [0.717, 1.165) is 12.8 Å². The molecule has 0 rings (SSSR count). The van der Waals surface area contributed by atoms with Crippen molar-refractivity contribution >= 4 is 18.4 Å². The molecule has 140 valence electrons. The minimum atomic E-state index is -0.494. The highest BCUT2D eigenvalue weighted by molar-refractivity contribution is 5.85. The predicted molar refractivity (Wildman–Crippen MR) is 102 cm³/mol. The lowest BCUT2D eigenvalue weighted by molar-refractivity contribution is -0.144. The van der Waals surface area contributed by atoms with Gasteiger partial charge in [0.15, 0.2) is 0 Å². The summed E-state index contributed by atoms with van der Waals surface area (Å²) < 4.78 is 5.05. The molecule has 0 unspecified atom stereocenters. The number of nitrogens with two attached hydrogens (primary N) is 1. The van der Waals surface area contributed by atoms with Gasteiger partial charge in [0.25, 0.3) is 0 Å². The van der Waals surface area contributed by atoms with Crippen molar-refractivity contribution in [3.05, 3.63) is 0 Å². The molecule has 0 saturated heterocycles. The Morgan fingerprint density at radius 3 is 1.48 bits per heavy atom. The minimum Gasteiger partial charge on any atom is -0.465 e. The lowest BCUT2D eigenvalue weighted by Crippen LogP contribution is -2.28. The lowest BCUT2D eigenvalue weighted by atomic mass is 10.0. The van der Waals surface area contributed by atoms with Crippen LogP contribution in [0.25, 0.3) is 0 Å². The van der Waals surface area contributed by atoms with Gasteiger partial charge >= 0.3 is 5.97 Å². The fraction of sp³-hybridized carbons (Fsp3) is 0.947. The van der Waals surface area contributed by atoms with Gasteiger partial charge in [0.2, 0.25) is 0 Å². The fourth-order valence-corrected chi connectivity index (χ4v) is 2.60. The number of carbonyl (C=O) groups is 1. The van der Waals surface area contributed by atoms with E-state index in [0.29, 0.717) is 6.61 Å². The van der Waals surface area contributed by atoms with Crippen LogP contribution in [0.2, 0.25) is 0 Å². The van der Waals surface area contributed by atoms with E-state index in [1.165, 1.54) is 77.0 Å². The quantitative estimate of drug-likeness (QED) is 0.284. The second kappa shape index (κ2) is 19.8. The summed E-state index contributed by atoms with van der Waals surface area (Å²) >= 11 is 0. The van der Waals surface area contributed by atoms with Gasteiger partial charge in [-0.2, -0.15) is 0 Å². The van der Waals surface area contributed by atoms with Crippen LogP contribution in [0.1, 0.15) is 104 Å². The molecule has 0 radical (unpaired) electrons. The summed E-state index contributed by atoms with van der Waals surface area (Å²) in [6, 6.07) is -0.494. The Labute approximate surface area is 150 Å². The lowest BCUT2D eigenvalue weighted by Gasteiger charge is -2.06. The van der Waals surface area contributed by atoms with E-state index in [9.17, 15) is 4.79 Å². The number of rotatable bonds is 16. The van der Waals surface area contributed by atoms with E-state index in [1.54, 1.807) is 6.92 Å². The van der Waals surface area contributed by atoms with Crippen LogP contribution < -0.4 is 5.73 Å². The Balaban J connectivity index is 0. The molecule has 0 aromatic carbocycles. The smallest absolute Gasteiger partial charge is 0.322 e. The van der Waals surface area contributed by atoms with E-state index < -0.39 is 6.04 Å². The SMILES string of the molecule is CCCCCCCCCCCCCCCCOC(=O)[C@H](C)N.Cl. The van der Waals surface area contributed by atoms with Crippen molar-refractivity contribution in [1.82, 2.24) is 0 Å². The fourth-order valence-electron chi connectivity index (χ4n) is 2.60. The average Bonchev–Trinajstić information content (AvgIpc) is 2.50. The molecule has 2 N–H and O–H groups in total. The van der Waals surface area contributed by atoms with Gasteiger partial charge in [-0.05, 0) is 13.3 Å². The highest BCUT2D eigenvalue weighted by atomic mass is 35.5. The third-order valence-electron chi connectivity index (χ3n) is 4.11. The standard InChI is InChI=1S/C19H39NO2.ClH/c1-3-4-5-6-7-8-9-10-11-12-13-14-15-16-17-22-19(21)18(2)20;/h18H,3-17,20H2,1-2H3;1H/t18-;/m0./s1. The molecule has 0 bridgehead atoms. The number of unbranched alkanes of at least 4 members (excludes halogenated alkanes) is 13. The van der Waals surface area contributed by atoms with Crippen molar-refractivity contribution in [3.8, 4) is 0 Å². The molecule has 0 heterocycles. The molecule has 0 spiro atoms. The van der Waals surface area contributed by atoms with E-state index in [1.807, 2.05) is 0 Å². The Morgan fingerprint density at radius 2 is 1.13 bits per heavy atom. The molecule has 4 heteroatoms. The second-order valence-electron chi connectivity index (χ2n) is 6.55. The van der Waals surface area contributed by atoms with Gasteiger partial charge in [-0.3, -0.25) is 4.79 Å². The van der Waals surface area contributed by atoms with E-state index in [4.69, 9.17) is 10.5 Å². The van der Waals surface area contributed by atoms with Crippen molar-refractivity contribution in [1.29, 1.82) is 0 Å². The van der Waals surface area contributed by atoms with Crippen LogP contribution in [0.3, 0.4) is 0 Å². The highest BCUT2D eigenvalue weighted by Crippen LogP contribution is 2.12. The number of ether oxygens (including phenoxy) is 1. The molecule has 3 nitrogen and oxygen atoms in total. The number of carbonyl (C=O) groups excluding carboxylic acids is 1. The van der Waals surface area contributed by atoms with Crippen molar-refractivity contribution in [2.75, 3.05) is 6.61 Å². The third-order valence-corrected chi connectivity index (χ3v) is 4.11. The second-order valence-corrected chi connectivity index (χ2v) is 6.55. The first-order chi connectivity index (χ1) is 10.7. The molecular weight excluding hydrogens is 310 g/mol. The van der Waals surface area contributed by atoms with E-state index in [-0.39, 0.29) is 18.4 Å². The molecular formula is C19H40ClNO2. The Hall–Kier alpha value is -0.280. The van der Waals surface area contributed by atoms with Crippen LogP contribution in [0, 0.1) is 0 Å². The van der Waals surface area contributed by atoms with Crippen molar-refractivity contribution < 1.29 is 9.53 Å². The van der Waals surface area contributed by atoms with Crippen LogP contribution in [0.15, 0.2) is 0 Å². The van der Waals surface area contributed by atoms with Gasteiger partial charge in [-0.1, -0.05) is 90.4 Å². The molecule has 0 aliphatic heterocycles. The average molecular weight is 350 g/mol. The van der Waals surface area contributed by atoms with Gasteiger partial charge in [0.1, 0.15) is 6.04 Å². The molecule has 0 aromatic rings. The molecule has 0 aromatic heterocycles. The topological polar surface area (TPSA) is 52.3 Å². The summed E-state index contributed by atoms with van der Waals surface area (Å²) in [6.45, 7) is 4.46. The van der Waals surface area contributed by atoms with Gasteiger partial charge in [0.05, 0.1) is 6.61 Å². The van der Waals surface area contributed by atoms with Crippen molar-refractivity contribution in [2.45, 2.75) is 110 Å². The summed E-state index contributed by atoms with van der Waals surface area (Å²) in [5, 5.41) is 0. The third kappa shape index (κ3) is 19.7. The van der Waals surface area contributed by atoms with Crippen LogP contribution in [-0.4, -0.2) is 18.6 Å². The highest BCUT2D eigenvalue weighted by Gasteiger charge is 2.07.